The summed E-state index contributed by atoms with van der Waals surface area (Å²) in [5.41, 5.74) is -7.94. The molecule has 2 bridgehead atoms. The van der Waals surface area contributed by atoms with Crippen LogP contribution in [0.15, 0.2) is 6.07 Å². The number of benzene rings is 1. The maximum absolute atomic E-state index is 17.4. The number of halogens is 6. The summed E-state index contributed by atoms with van der Waals surface area (Å²) >= 11 is 0. The number of fused-ring (bicyclic) bond motifs is 6. The van der Waals surface area contributed by atoms with Crippen LogP contribution in [-0.4, -0.2) is 110 Å². The van der Waals surface area contributed by atoms with Gasteiger partial charge in [-0.25, -0.2) is 27.7 Å². The number of aromatic nitrogens is 3. The molecule has 0 unspecified atom stereocenters. The Morgan fingerprint density at radius 1 is 1.00 bits per heavy atom. The molecule has 0 aliphatic carbocycles. The second-order valence-corrected chi connectivity index (χ2v) is 18.6. The Bertz CT molecular complexity index is 2250. The second kappa shape index (κ2) is 14.4. The molecule has 8 rings (SSSR count). The van der Waals surface area contributed by atoms with E-state index in [0.717, 1.165) is 13.3 Å². The lowest BCUT2D eigenvalue weighted by molar-refractivity contribution is -0.137. The number of alkyl halides is 4. The van der Waals surface area contributed by atoms with Gasteiger partial charge in [-0.3, -0.25) is 15.1 Å². The van der Waals surface area contributed by atoms with Gasteiger partial charge in [-0.2, -0.15) is 23.1 Å². The highest BCUT2D eigenvalue weighted by molar-refractivity contribution is 5.98. The fourth-order valence-electron chi connectivity index (χ4n) is 9.76. The van der Waals surface area contributed by atoms with Gasteiger partial charge in [0.05, 0.1) is 34.9 Å². The van der Waals surface area contributed by atoms with Gasteiger partial charge >= 0.3 is 24.4 Å². The number of pyridine rings is 1. The topological polar surface area (TPSA) is 131 Å². The van der Waals surface area contributed by atoms with E-state index >= 15 is 8.78 Å². The van der Waals surface area contributed by atoms with Crippen molar-refractivity contribution in [1.29, 1.82) is 0 Å². The summed E-state index contributed by atoms with van der Waals surface area (Å²) in [6.07, 6.45) is -5.94. The third kappa shape index (κ3) is 7.37. The van der Waals surface area contributed by atoms with Crippen molar-refractivity contribution < 1.29 is 54.9 Å². The number of hydrogen-bond donors (Lipinski definition) is 1. The Labute approximate surface area is 343 Å². The molecular weight excluding hydrogens is 800 g/mol. The molecular formula is C41H49F6N7O6. The number of rotatable bonds is 5. The fourth-order valence-corrected chi connectivity index (χ4v) is 9.76. The summed E-state index contributed by atoms with van der Waals surface area (Å²) in [6, 6.07) is -1.11. The Balaban J connectivity index is 1.30. The Kier molecular flexibility index (Phi) is 10.1. The lowest BCUT2D eigenvalue weighted by atomic mass is 9.95. The first-order valence-corrected chi connectivity index (χ1v) is 20.2. The van der Waals surface area contributed by atoms with Gasteiger partial charge in [-0.05, 0) is 99.2 Å². The first-order chi connectivity index (χ1) is 27.9. The number of piperazine rings is 1. The number of nitrogens with zero attached hydrogens (tertiary/aromatic N) is 6. The molecule has 4 saturated heterocycles. The molecule has 3 aromatic rings. The van der Waals surface area contributed by atoms with Crippen molar-refractivity contribution in [2.24, 2.45) is 0 Å². The normalized spacial score (nSPS) is 26.4. The predicted molar refractivity (Wildman–Crippen MR) is 207 cm³/mol. The largest absolute Gasteiger partial charge is 0.472 e. The average molecular weight is 850 g/mol. The zero-order valence-corrected chi connectivity index (χ0v) is 34.7. The minimum absolute atomic E-state index is 0.0339. The molecule has 6 atom stereocenters. The minimum Gasteiger partial charge on any atom is -0.472 e. The number of nitrogens with one attached hydrogen (secondary N) is 1. The lowest BCUT2D eigenvalue weighted by Gasteiger charge is -2.48. The van der Waals surface area contributed by atoms with Crippen LogP contribution in [0, 0.1) is 18.6 Å². The molecule has 0 saturated carbocycles. The molecule has 2 amide bonds. The van der Waals surface area contributed by atoms with E-state index in [1.165, 1.54) is 0 Å². The number of amides is 2. The SMILES string of the molecule is Cc1c(F)c(NC(=O)OC(C)(C)C)cc(-c2nc3c4c(nc(OC[C@@]56CCCN5C[C@H](F)C6)nc4c2F)N2C[C@H]4CC[C@@H]([C@H]2[C@H](C)O3)N4C(=O)OC(C)(C)C)c1C(F)(F)F. The van der Waals surface area contributed by atoms with Crippen molar-refractivity contribution in [3.63, 3.8) is 0 Å². The van der Waals surface area contributed by atoms with Crippen molar-refractivity contribution in [3.05, 3.63) is 28.8 Å². The Morgan fingerprint density at radius 2 is 1.72 bits per heavy atom. The molecule has 13 nitrogen and oxygen atoms in total. The van der Waals surface area contributed by atoms with E-state index in [-0.39, 0.29) is 55.3 Å². The second-order valence-electron chi connectivity index (χ2n) is 18.6. The van der Waals surface area contributed by atoms with Crippen LogP contribution in [0.3, 0.4) is 0 Å². The number of anilines is 2. The van der Waals surface area contributed by atoms with Gasteiger partial charge in [0.15, 0.2) is 5.82 Å². The van der Waals surface area contributed by atoms with Gasteiger partial charge in [0.2, 0.25) is 5.88 Å². The van der Waals surface area contributed by atoms with Crippen molar-refractivity contribution in [1.82, 2.24) is 24.8 Å². The van der Waals surface area contributed by atoms with Crippen LogP contribution in [0.2, 0.25) is 0 Å². The lowest BCUT2D eigenvalue weighted by Crippen LogP contribution is -2.65. The minimum atomic E-state index is -5.23. The highest BCUT2D eigenvalue weighted by Gasteiger charge is 2.54. The maximum atomic E-state index is 17.4. The van der Waals surface area contributed by atoms with Crippen molar-refractivity contribution >= 4 is 34.6 Å². The van der Waals surface area contributed by atoms with Crippen molar-refractivity contribution in [3.8, 4) is 23.1 Å². The monoisotopic (exact) mass is 849 g/mol. The summed E-state index contributed by atoms with van der Waals surface area (Å²) in [5.74, 6) is -2.91. The van der Waals surface area contributed by atoms with Gasteiger partial charge < -0.3 is 23.8 Å². The number of hydrogen-bond acceptors (Lipinski definition) is 11. The first kappa shape index (κ1) is 41.9. The van der Waals surface area contributed by atoms with Crippen LogP contribution in [0.25, 0.3) is 22.2 Å². The maximum Gasteiger partial charge on any atom is 0.417 e. The van der Waals surface area contributed by atoms with E-state index in [1.807, 2.05) is 9.80 Å². The van der Waals surface area contributed by atoms with Crippen LogP contribution < -0.4 is 19.7 Å². The van der Waals surface area contributed by atoms with E-state index in [0.29, 0.717) is 31.9 Å². The smallest absolute Gasteiger partial charge is 0.417 e. The van der Waals surface area contributed by atoms with Gasteiger partial charge in [0, 0.05) is 25.1 Å². The molecule has 1 aromatic carbocycles. The van der Waals surface area contributed by atoms with Gasteiger partial charge in [0.1, 0.15) is 58.3 Å². The molecule has 5 aliphatic rings. The predicted octanol–water partition coefficient (Wildman–Crippen LogP) is 8.34. The zero-order valence-electron chi connectivity index (χ0n) is 34.7. The third-order valence-electron chi connectivity index (χ3n) is 12.0. The quantitative estimate of drug-likeness (QED) is 0.249. The number of carbonyl (C=O) groups is 2. The summed E-state index contributed by atoms with van der Waals surface area (Å²) in [6.45, 7) is 13.6. The van der Waals surface area contributed by atoms with Gasteiger partial charge in [-0.15, -0.1) is 0 Å². The molecule has 7 heterocycles. The highest BCUT2D eigenvalue weighted by atomic mass is 19.4. The van der Waals surface area contributed by atoms with E-state index < -0.39 is 105 Å². The molecule has 19 heteroatoms. The molecule has 1 N–H and O–H groups in total. The van der Waals surface area contributed by atoms with Crippen LogP contribution in [0.4, 0.5) is 47.4 Å². The van der Waals surface area contributed by atoms with E-state index in [1.54, 1.807) is 53.4 Å². The zero-order chi connectivity index (χ0) is 43.4. The van der Waals surface area contributed by atoms with E-state index in [9.17, 15) is 27.2 Å². The highest BCUT2D eigenvalue weighted by Crippen LogP contribution is 2.49. The van der Waals surface area contributed by atoms with Crippen LogP contribution in [0.1, 0.15) is 91.7 Å². The Hall–Kier alpha value is -4.81. The van der Waals surface area contributed by atoms with Gasteiger partial charge in [0.25, 0.3) is 0 Å². The summed E-state index contributed by atoms with van der Waals surface area (Å²) in [5, 5.41) is 2.11. The van der Waals surface area contributed by atoms with E-state index in [4.69, 9.17) is 23.9 Å². The molecule has 5 aliphatic heterocycles. The van der Waals surface area contributed by atoms with E-state index in [2.05, 4.69) is 15.3 Å². The van der Waals surface area contributed by atoms with Crippen LogP contribution in [-0.2, 0) is 15.7 Å². The summed E-state index contributed by atoms with van der Waals surface area (Å²) < 4.78 is 117. The van der Waals surface area contributed by atoms with Crippen molar-refractivity contribution in [2.75, 3.05) is 36.5 Å². The van der Waals surface area contributed by atoms with Gasteiger partial charge in [-0.1, -0.05) is 0 Å². The molecule has 326 valence electrons. The molecule has 4 fully saturated rings. The summed E-state index contributed by atoms with van der Waals surface area (Å²) in [7, 11) is 0. The third-order valence-corrected chi connectivity index (χ3v) is 12.0. The number of carbonyl (C=O) groups excluding carboxylic acids is 2. The molecule has 60 heavy (non-hydrogen) atoms. The molecule has 0 spiro atoms. The summed E-state index contributed by atoms with van der Waals surface area (Å²) in [4.78, 5) is 45.6. The molecule has 0 radical (unpaired) electrons. The first-order valence-electron chi connectivity index (χ1n) is 20.2. The number of ether oxygens (including phenoxy) is 4. The molecule has 2 aromatic heterocycles. The average Bonchev–Trinajstić information content (AvgIpc) is 3.73. The fraction of sp³-hybridized carbons (Fsp3) is 0.634. The van der Waals surface area contributed by atoms with Crippen molar-refractivity contribution in [2.45, 2.75) is 141 Å². The standard InChI is InChI=1S/C41H49F6N7O6/c1-19-27(41(45,46)47)23(14-24(28(19)43)48-36(55)59-38(3,4)5)30-29(44)31-26-33(51-35(50-31)57-18-40-12-9-13-52(40)16-21(42)15-40)53-17-22-10-11-25(32(53)20(2)58-34(26)49-30)54(22)37(56)60-39(6,7)8/h14,20-22,25,32H,9-13,15-18H2,1-8H3,(H,48,55)/t20-,21+,22+,25-,32+,40-/m0/s1. The Morgan fingerprint density at radius 3 is 2.40 bits per heavy atom. The van der Waals surface area contributed by atoms with Crippen LogP contribution >= 0.6 is 0 Å². The van der Waals surface area contributed by atoms with Crippen LogP contribution in [0.5, 0.6) is 11.9 Å².